The molecule has 0 fully saturated rings. The average Bonchev–Trinajstić information content (AvgIpc) is 2.74. The van der Waals surface area contributed by atoms with Crippen LogP contribution in [0.3, 0.4) is 0 Å². The summed E-state index contributed by atoms with van der Waals surface area (Å²) in [6, 6.07) is 2.54. The fraction of sp³-hybridized carbons (Fsp3) is 0.263. The third-order valence-corrected chi connectivity index (χ3v) is 3.42. The first-order chi connectivity index (χ1) is 14.6. The minimum absolute atomic E-state index is 0.0264. The van der Waals surface area contributed by atoms with Gasteiger partial charge in [0.2, 0.25) is 6.10 Å². The van der Waals surface area contributed by atoms with E-state index in [1.165, 1.54) is 0 Å². The number of rotatable bonds is 10. The van der Waals surface area contributed by atoms with Crippen molar-refractivity contribution < 1.29 is 58.2 Å². The lowest BCUT2D eigenvalue weighted by Crippen LogP contribution is -2.33. The quantitative estimate of drug-likeness (QED) is 0.230. The molecule has 0 radical (unpaired) electrons. The number of benzene rings is 1. The van der Waals surface area contributed by atoms with Crippen molar-refractivity contribution >= 4 is 35.8 Å². The Kier molecular flexibility index (Phi) is 9.37. The topological polar surface area (TPSA) is 180 Å². The Morgan fingerprint density at radius 2 is 1.68 bits per heavy atom. The molecule has 1 atom stereocenters. The van der Waals surface area contributed by atoms with Crippen LogP contribution in [0.15, 0.2) is 30.9 Å². The molecule has 0 spiro atoms. The third-order valence-electron chi connectivity index (χ3n) is 3.42. The first-order valence-electron chi connectivity index (χ1n) is 8.62. The molecule has 0 aliphatic rings. The molecule has 0 heterocycles. The number of ether oxygens (including phenoxy) is 2. The monoisotopic (exact) mass is 438 g/mol. The Hall–Kier alpha value is -4.22. The molecule has 0 aliphatic heterocycles. The summed E-state index contributed by atoms with van der Waals surface area (Å²) in [5.74, 6) is -7.94. The summed E-state index contributed by atoms with van der Waals surface area (Å²) < 4.78 is 9.67. The first-order valence-corrected chi connectivity index (χ1v) is 8.62. The van der Waals surface area contributed by atoms with E-state index in [1.807, 2.05) is 0 Å². The Morgan fingerprint density at radius 1 is 1.03 bits per heavy atom. The summed E-state index contributed by atoms with van der Waals surface area (Å²) in [4.78, 5) is 77.9. The molecule has 12 heteroatoms. The average molecular weight is 438 g/mol. The predicted molar refractivity (Wildman–Crippen MR) is 97.8 cm³/mol. The van der Waals surface area contributed by atoms with Crippen molar-refractivity contribution in [3.63, 3.8) is 0 Å². The molecule has 0 amide bonds. The molecule has 1 rings (SSSR count). The molecule has 0 aliphatic carbocycles. The van der Waals surface area contributed by atoms with Crippen LogP contribution in [-0.2, 0) is 33.6 Å². The number of hydrogen-bond donors (Lipinski definition) is 2. The number of aromatic carboxylic acids is 2. The van der Waals surface area contributed by atoms with Gasteiger partial charge in [0.15, 0.2) is 0 Å². The number of carboxylic acids is 2. The number of esters is 2. The zero-order chi connectivity index (χ0) is 23.6. The Balaban J connectivity index is 3.08. The summed E-state index contributed by atoms with van der Waals surface area (Å²) in [5, 5.41) is 18.1. The Bertz CT molecular complexity index is 901. The highest BCUT2D eigenvalue weighted by Crippen LogP contribution is 2.16. The van der Waals surface area contributed by atoms with Gasteiger partial charge < -0.3 is 19.7 Å². The van der Waals surface area contributed by atoms with Crippen LogP contribution >= 0.6 is 0 Å². The van der Waals surface area contributed by atoms with Gasteiger partial charge in [0.05, 0.1) is 29.7 Å². The number of carbonyl (C=O) groups excluding carboxylic acids is 4. The molecular weight excluding hydrogens is 420 g/mol. The lowest BCUT2D eigenvalue weighted by Gasteiger charge is -2.15. The number of hydrogen-bond acceptors (Lipinski definition) is 10. The summed E-state index contributed by atoms with van der Waals surface area (Å²) in [7, 11) is 0. The van der Waals surface area contributed by atoms with E-state index >= 15 is 0 Å². The molecule has 1 unspecified atom stereocenters. The van der Waals surface area contributed by atoms with Crippen molar-refractivity contribution in [2.45, 2.75) is 25.9 Å². The summed E-state index contributed by atoms with van der Waals surface area (Å²) in [5.41, 5.74) is -1.71. The molecule has 166 valence electrons. The maximum absolute atomic E-state index is 12.4. The summed E-state index contributed by atoms with van der Waals surface area (Å²) in [6.07, 6.45) is -1.55. The van der Waals surface area contributed by atoms with E-state index in [-0.39, 0.29) is 6.61 Å². The SMILES string of the molecule is C=CC(=O)OOC(=O)C(CC(=O)OCCC)OC(=O)c1ccc(C(=O)O)c(C(=O)O)c1. The lowest BCUT2D eigenvalue weighted by molar-refractivity contribution is -0.260. The van der Waals surface area contributed by atoms with Crippen LogP contribution in [0.5, 0.6) is 0 Å². The van der Waals surface area contributed by atoms with Gasteiger partial charge in [-0.15, -0.1) is 0 Å². The number of carbonyl (C=O) groups is 6. The van der Waals surface area contributed by atoms with Crippen LogP contribution in [0.4, 0.5) is 0 Å². The maximum atomic E-state index is 12.4. The van der Waals surface area contributed by atoms with Gasteiger partial charge in [-0.1, -0.05) is 13.5 Å². The predicted octanol–water partition coefficient (Wildman–Crippen LogP) is 1.14. The van der Waals surface area contributed by atoms with Crippen LogP contribution < -0.4 is 0 Å². The third kappa shape index (κ3) is 7.61. The lowest BCUT2D eigenvalue weighted by atomic mass is 10.0. The van der Waals surface area contributed by atoms with Crippen LogP contribution in [0.25, 0.3) is 0 Å². The minimum Gasteiger partial charge on any atom is -0.478 e. The highest BCUT2D eigenvalue weighted by molar-refractivity contribution is 6.04. The van der Waals surface area contributed by atoms with Crippen LogP contribution in [-0.4, -0.2) is 58.7 Å². The smallest absolute Gasteiger partial charge is 0.396 e. The van der Waals surface area contributed by atoms with E-state index in [4.69, 9.17) is 19.7 Å². The van der Waals surface area contributed by atoms with Crippen molar-refractivity contribution in [2.75, 3.05) is 6.61 Å². The molecular formula is C19H18O12. The Labute approximate surface area is 174 Å². The molecule has 12 nitrogen and oxygen atoms in total. The van der Waals surface area contributed by atoms with Gasteiger partial charge in [0.1, 0.15) is 0 Å². The van der Waals surface area contributed by atoms with Gasteiger partial charge in [-0.05, 0) is 24.6 Å². The van der Waals surface area contributed by atoms with Gasteiger partial charge in [-0.3, -0.25) is 4.79 Å². The molecule has 31 heavy (non-hydrogen) atoms. The van der Waals surface area contributed by atoms with E-state index in [2.05, 4.69) is 16.4 Å². The largest absolute Gasteiger partial charge is 0.478 e. The second-order valence-electron chi connectivity index (χ2n) is 5.70. The van der Waals surface area contributed by atoms with Crippen molar-refractivity contribution in [3.05, 3.63) is 47.5 Å². The first kappa shape index (κ1) is 24.8. The fourth-order valence-corrected chi connectivity index (χ4v) is 2.00. The van der Waals surface area contributed by atoms with Crippen LogP contribution in [0.1, 0.15) is 50.8 Å². The second-order valence-corrected chi connectivity index (χ2v) is 5.70. The fourth-order valence-electron chi connectivity index (χ4n) is 2.00. The molecule has 1 aromatic carbocycles. The van der Waals surface area contributed by atoms with E-state index in [1.54, 1.807) is 6.92 Å². The van der Waals surface area contributed by atoms with E-state index in [0.717, 1.165) is 18.2 Å². The van der Waals surface area contributed by atoms with E-state index < -0.39 is 65.0 Å². The second kappa shape index (κ2) is 11.7. The highest BCUT2D eigenvalue weighted by Gasteiger charge is 2.31. The van der Waals surface area contributed by atoms with Crippen molar-refractivity contribution in [1.82, 2.24) is 0 Å². The molecule has 2 N–H and O–H groups in total. The van der Waals surface area contributed by atoms with Crippen LogP contribution in [0.2, 0.25) is 0 Å². The van der Waals surface area contributed by atoms with Gasteiger partial charge in [-0.25, -0.2) is 33.7 Å². The molecule has 0 aromatic heterocycles. The standard InChI is InChI=1S/C19H18O12/c1-3-7-28-15(21)9-13(19(27)31-30-14(20)4-2)29-18(26)10-5-6-11(16(22)23)12(8-10)17(24)25/h4-6,8,13H,2-3,7,9H2,1H3,(H,22,23)(H,24,25). The van der Waals surface area contributed by atoms with Crippen molar-refractivity contribution in [1.29, 1.82) is 0 Å². The van der Waals surface area contributed by atoms with E-state index in [9.17, 15) is 28.8 Å². The highest BCUT2D eigenvalue weighted by atomic mass is 17.2. The zero-order valence-electron chi connectivity index (χ0n) is 16.2. The number of carboxylic acid groups (broad SMARTS) is 2. The minimum atomic E-state index is -1.91. The normalized spacial score (nSPS) is 10.9. The van der Waals surface area contributed by atoms with Gasteiger partial charge in [0, 0.05) is 6.08 Å². The van der Waals surface area contributed by atoms with Crippen molar-refractivity contribution in [3.8, 4) is 0 Å². The van der Waals surface area contributed by atoms with Gasteiger partial charge >= 0.3 is 35.8 Å². The zero-order valence-corrected chi connectivity index (χ0v) is 16.2. The summed E-state index contributed by atoms with van der Waals surface area (Å²) >= 11 is 0. The maximum Gasteiger partial charge on any atom is 0.396 e. The van der Waals surface area contributed by atoms with Crippen molar-refractivity contribution in [2.24, 2.45) is 0 Å². The van der Waals surface area contributed by atoms with Gasteiger partial charge in [0.25, 0.3) is 0 Å². The molecule has 0 bridgehead atoms. The summed E-state index contributed by atoms with van der Waals surface area (Å²) in [6.45, 7) is 4.82. The molecule has 0 saturated carbocycles. The molecule has 0 saturated heterocycles. The Morgan fingerprint density at radius 3 is 2.23 bits per heavy atom. The van der Waals surface area contributed by atoms with Gasteiger partial charge in [-0.2, -0.15) is 0 Å². The van der Waals surface area contributed by atoms with Crippen LogP contribution in [0, 0.1) is 0 Å². The van der Waals surface area contributed by atoms with E-state index in [0.29, 0.717) is 12.5 Å². The molecule has 1 aromatic rings.